The average molecular weight is 424 g/mol. The van der Waals surface area contributed by atoms with E-state index in [1.54, 1.807) is 16.6 Å². The van der Waals surface area contributed by atoms with Crippen LogP contribution in [0.4, 0.5) is 11.4 Å². The highest BCUT2D eigenvalue weighted by Gasteiger charge is 2.18. The molecule has 0 spiro atoms. The topological polar surface area (TPSA) is 115 Å². The number of anilines is 1. The number of aromatic nitrogens is 4. The third kappa shape index (κ3) is 3.21. The molecule has 5 aromatic rings. The lowest BCUT2D eigenvalue weighted by Gasteiger charge is -2.10. The Kier molecular flexibility index (Phi) is 4.55. The van der Waals surface area contributed by atoms with Crippen LogP contribution in [0.3, 0.4) is 0 Å². The minimum absolute atomic E-state index is 0.152. The summed E-state index contributed by atoms with van der Waals surface area (Å²) in [4.78, 5) is 23.3. The fraction of sp³-hybridized carbons (Fsp3) is 0.0435. The average Bonchev–Trinajstić information content (AvgIpc) is 3.23. The van der Waals surface area contributed by atoms with Gasteiger partial charge in [-0.05, 0) is 25.1 Å². The molecule has 0 atom stereocenters. The molecule has 3 aromatic carbocycles. The number of fused-ring (bicyclic) bond motifs is 3. The summed E-state index contributed by atoms with van der Waals surface area (Å²) in [6.45, 7) is 1.92. The summed E-state index contributed by atoms with van der Waals surface area (Å²) in [5.74, 6) is 0.00774. The molecule has 0 saturated carbocycles. The molecular formula is C23H16N6O3. The number of para-hydroxylation sites is 1. The van der Waals surface area contributed by atoms with Crippen molar-refractivity contribution in [3.8, 4) is 11.4 Å². The molecule has 0 aliphatic carbocycles. The van der Waals surface area contributed by atoms with E-state index in [0.717, 1.165) is 16.5 Å². The largest absolute Gasteiger partial charge is 0.321 e. The van der Waals surface area contributed by atoms with Gasteiger partial charge in [-0.1, -0.05) is 42.5 Å². The third-order valence-corrected chi connectivity index (χ3v) is 5.18. The van der Waals surface area contributed by atoms with E-state index in [0.29, 0.717) is 22.7 Å². The van der Waals surface area contributed by atoms with E-state index in [1.807, 2.05) is 43.3 Å². The van der Waals surface area contributed by atoms with Crippen LogP contribution in [-0.4, -0.2) is 30.6 Å². The second-order valence-corrected chi connectivity index (χ2v) is 7.20. The number of non-ortho nitro benzene ring substituents is 1. The van der Waals surface area contributed by atoms with Crippen molar-refractivity contribution in [2.45, 2.75) is 6.92 Å². The number of benzene rings is 3. The molecule has 0 aliphatic rings. The van der Waals surface area contributed by atoms with Crippen molar-refractivity contribution >= 4 is 33.7 Å². The van der Waals surface area contributed by atoms with Gasteiger partial charge in [0.15, 0.2) is 11.5 Å². The highest BCUT2D eigenvalue weighted by atomic mass is 16.6. The number of hydrogen-bond acceptors (Lipinski definition) is 6. The van der Waals surface area contributed by atoms with Crippen molar-refractivity contribution in [2.75, 3.05) is 5.32 Å². The normalized spacial score (nSPS) is 11.0. The Morgan fingerprint density at radius 3 is 2.53 bits per heavy atom. The summed E-state index contributed by atoms with van der Waals surface area (Å²) < 4.78 is 1.66. The molecule has 9 nitrogen and oxygen atoms in total. The number of nitrogens with one attached hydrogen (secondary N) is 1. The number of nitrogens with zero attached hydrogens (tertiary/aromatic N) is 5. The summed E-state index contributed by atoms with van der Waals surface area (Å²) in [7, 11) is 0. The Morgan fingerprint density at radius 2 is 1.72 bits per heavy atom. The summed E-state index contributed by atoms with van der Waals surface area (Å²) in [5.41, 5.74) is 2.58. The van der Waals surface area contributed by atoms with E-state index in [9.17, 15) is 14.9 Å². The van der Waals surface area contributed by atoms with Crippen molar-refractivity contribution in [2.24, 2.45) is 0 Å². The number of rotatable bonds is 4. The van der Waals surface area contributed by atoms with Gasteiger partial charge in [0.25, 0.3) is 11.6 Å². The molecule has 0 fully saturated rings. The van der Waals surface area contributed by atoms with Gasteiger partial charge in [0.1, 0.15) is 0 Å². The zero-order chi connectivity index (χ0) is 22.2. The Bertz CT molecular complexity index is 1530. The maximum Gasteiger partial charge on any atom is 0.270 e. The van der Waals surface area contributed by atoms with Crippen LogP contribution in [0.1, 0.15) is 16.1 Å². The smallest absolute Gasteiger partial charge is 0.270 e. The van der Waals surface area contributed by atoms with Crippen LogP contribution in [-0.2, 0) is 0 Å². The Labute approximate surface area is 181 Å². The lowest BCUT2D eigenvalue weighted by molar-refractivity contribution is -0.384. The fourth-order valence-corrected chi connectivity index (χ4v) is 3.65. The summed E-state index contributed by atoms with van der Waals surface area (Å²) in [6, 6.07) is 20.6. The molecule has 156 valence electrons. The zero-order valence-corrected chi connectivity index (χ0v) is 16.9. The molecule has 0 aliphatic heterocycles. The molecule has 0 saturated heterocycles. The van der Waals surface area contributed by atoms with Gasteiger partial charge in [-0.15, -0.1) is 10.2 Å². The molecule has 0 radical (unpaired) electrons. The first-order chi connectivity index (χ1) is 15.5. The van der Waals surface area contributed by atoms with Gasteiger partial charge in [0.2, 0.25) is 0 Å². The number of nitro benzene ring substituents is 1. The SMILES string of the molecule is Cc1nn2c(-c3ccccc3NC(=O)c3cccc([N+](=O)[O-])c3)nnc2c2ccccc12. The van der Waals surface area contributed by atoms with E-state index in [4.69, 9.17) is 0 Å². The van der Waals surface area contributed by atoms with E-state index in [-0.39, 0.29) is 11.3 Å². The number of carbonyl (C=O) groups excluding carboxylic acids is 1. The van der Waals surface area contributed by atoms with E-state index < -0.39 is 10.8 Å². The van der Waals surface area contributed by atoms with Crippen molar-refractivity contribution in [1.29, 1.82) is 0 Å². The standard InChI is InChI=1S/C23H16N6O3/c1-14-17-9-2-3-10-18(17)21-25-26-22(28(21)27-14)19-11-4-5-12-20(19)24-23(30)15-7-6-8-16(13-15)29(31)32/h2-13H,1H3,(H,24,30). The zero-order valence-electron chi connectivity index (χ0n) is 16.9. The van der Waals surface area contributed by atoms with Crippen molar-refractivity contribution in [1.82, 2.24) is 19.8 Å². The lowest BCUT2D eigenvalue weighted by atomic mass is 10.1. The van der Waals surface area contributed by atoms with Crippen molar-refractivity contribution in [3.05, 3.63) is 94.2 Å². The number of amides is 1. The second kappa shape index (κ2) is 7.55. The van der Waals surface area contributed by atoms with Gasteiger partial charge in [-0.2, -0.15) is 9.61 Å². The van der Waals surface area contributed by atoms with E-state index >= 15 is 0 Å². The van der Waals surface area contributed by atoms with Crippen LogP contribution in [0, 0.1) is 17.0 Å². The molecule has 2 aromatic heterocycles. The maximum atomic E-state index is 12.8. The minimum atomic E-state index is -0.536. The van der Waals surface area contributed by atoms with Gasteiger partial charge in [0.05, 0.1) is 16.3 Å². The second-order valence-electron chi connectivity index (χ2n) is 7.20. The number of carbonyl (C=O) groups is 1. The molecule has 2 heterocycles. The van der Waals surface area contributed by atoms with Crippen LogP contribution < -0.4 is 5.32 Å². The predicted molar refractivity (Wildman–Crippen MR) is 120 cm³/mol. The van der Waals surface area contributed by atoms with Crippen molar-refractivity contribution < 1.29 is 9.72 Å². The molecule has 1 N–H and O–H groups in total. The number of hydrogen-bond donors (Lipinski definition) is 1. The van der Waals surface area contributed by atoms with Gasteiger partial charge < -0.3 is 5.32 Å². The van der Waals surface area contributed by atoms with Gasteiger partial charge in [-0.3, -0.25) is 14.9 Å². The lowest BCUT2D eigenvalue weighted by Crippen LogP contribution is -2.13. The first-order valence-electron chi connectivity index (χ1n) is 9.79. The predicted octanol–water partition coefficient (Wildman–Crippen LogP) is 4.41. The Balaban J connectivity index is 1.59. The summed E-state index contributed by atoms with van der Waals surface area (Å²) in [6.07, 6.45) is 0. The van der Waals surface area contributed by atoms with Crippen LogP contribution in [0.2, 0.25) is 0 Å². The third-order valence-electron chi connectivity index (χ3n) is 5.18. The molecular weight excluding hydrogens is 408 g/mol. The van der Waals surface area contributed by atoms with Crippen LogP contribution in [0.5, 0.6) is 0 Å². The molecule has 5 rings (SSSR count). The van der Waals surface area contributed by atoms with Gasteiger partial charge >= 0.3 is 0 Å². The maximum absolute atomic E-state index is 12.8. The summed E-state index contributed by atoms with van der Waals surface area (Å²) in [5, 5.41) is 29.1. The van der Waals surface area contributed by atoms with Crippen LogP contribution >= 0.6 is 0 Å². The molecule has 32 heavy (non-hydrogen) atoms. The number of aryl methyl sites for hydroxylation is 1. The quantitative estimate of drug-likeness (QED) is 0.337. The molecule has 0 unspecified atom stereocenters. The van der Waals surface area contributed by atoms with E-state index in [1.165, 1.54) is 24.3 Å². The first-order valence-corrected chi connectivity index (χ1v) is 9.79. The summed E-state index contributed by atoms with van der Waals surface area (Å²) >= 11 is 0. The fourth-order valence-electron chi connectivity index (χ4n) is 3.65. The highest BCUT2D eigenvalue weighted by Crippen LogP contribution is 2.29. The Hall–Kier alpha value is -4.66. The van der Waals surface area contributed by atoms with E-state index in [2.05, 4.69) is 20.6 Å². The molecule has 9 heteroatoms. The van der Waals surface area contributed by atoms with Crippen molar-refractivity contribution in [3.63, 3.8) is 0 Å². The van der Waals surface area contributed by atoms with Gasteiger partial charge in [-0.25, -0.2) is 0 Å². The minimum Gasteiger partial charge on any atom is -0.321 e. The van der Waals surface area contributed by atoms with Crippen LogP contribution in [0.25, 0.3) is 27.8 Å². The highest BCUT2D eigenvalue weighted by molar-refractivity contribution is 6.06. The molecule has 0 bridgehead atoms. The molecule has 1 amide bonds. The van der Waals surface area contributed by atoms with Gasteiger partial charge in [0, 0.05) is 34.0 Å². The monoisotopic (exact) mass is 424 g/mol. The first kappa shape index (κ1) is 19.3. The van der Waals surface area contributed by atoms with Crippen LogP contribution in [0.15, 0.2) is 72.8 Å². The Morgan fingerprint density at radius 1 is 0.969 bits per heavy atom. The number of nitro groups is 1.